The number of anilines is 1. The molecule has 1 aliphatic heterocycles. The van der Waals surface area contributed by atoms with E-state index in [1.165, 1.54) is 6.33 Å². The maximum absolute atomic E-state index is 13.2. The lowest BCUT2D eigenvalue weighted by atomic mass is 9.96. The Kier molecular flexibility index (Phi) is 4.52. The predicted octanol–water partition coefficient (Wildman–Crippen LogP) is 2.48. The van der Waals surface area contributed by atoms with Crippen LogP contribution < -0.4 is 4.90 Å². The molecule has 4 rings (SSSR count). The number of aromatic amines is 1. The zero-order valence-electron chi connectivity index (χ0n) is 16.3. The fourth-order valence-corrected chi connectivity index (χ4v) is 3.38. The summed E-state index contributed by atoms with van der Waals surface area (Å²) in [4.78, 5) is 15.6. The van der Waals surface area contributed by atoms with Crippen molar-refractivity contribution in [3.05, 3.63) is 29.6 Å². The van der Waals surface area contributed by atoms with Crippen LogP contribution in [0.5, 0.6) is 0 Å². The fraction of sp³-hybridized carbons (Fsp3) is 0.556. The van der Waals surface area contributed by atoms with Crippen LogP contribution in [0.3, 0.4) is 0 Å². The molecule has 1 atom stereocenters. The van der Waals surface area contributed by atoms with E-state index in [2.05, 4.69) is 25.1 Å². The Bertz CT molecular complexity index is 1030. The van der Waals surface area contributed by atoms with Gasteiger partial charge in [0.2, 0.25) is 0 Å². The summed E-state index contributed by atoms with van der Waals surface area (Å²) < 4.78 is 41.2. The summed E-state index contributed by atoms with van der Waals surface area (Å²) in [6.07, 6.45) is -2.02. The van der Waals surface area contributed by atoms with Crippen LogP contribution in [0.15, 0.2) is 12.5 Å². The molecule has 0 saturated carbocycles. The van der Waals surface area contributed by atoms with Gasteiger partial charge in [0.05, 0.1) is 30.2 Å². The SMILES string of the molecule is CC(C)(C)c1nc(N2CC[C@H](O)C2)c2ncn(Cc3n[nH]cc3C(F)(F)F)c2n1. The zero-order valence-corrected chi connectivity index (χ0v) is 16.3. The maximum atomic E-state index is 13.2. The highest BCUT2D eigenvalue weighted by molar-refractivity contribution is 5.84. The number of alkyl halides is 3. The number of β-amino-alcohol motifs (C(OH)–C–C–N with tert-alkyl or cyclic N) is 1. The number of nitrogens with zero attached hydrogens (tertiary/aromatic N) is 6. The Hall–Kier alpha value is -2.69. The Labute approximate surface area is 164 Å². The first-order valence-electron chi connectivity index (χ1n) is 9.30. The normalized spacial score (nSPS) is 18.2. The van der Waals surface area contributed by atoms with E-state index in [0.717, 1.165) is 6.20 Å². The predicted molar refractivity (Wildman–Crippen MR) is 99.6 cm³/mol. The molecule has 29 heavy (non-hydrogen) atoms. The molecule has 0 amide bonds. The second-order valence-electron chi connectivity index (χ2n) is 8.30. The standard InChI is InChI=1S/C18H22F3N7O/c1-17(2,3)16-24-14(27-5-4-10(29)7-27)13-15(25-16)28(9-22-13)8-12-11(6-23-26-12)18(19,20)21/h6,9-10,29H,4-5,7-8H2,1-3H3,(H,23,26)/t10-/m0/s1. The van der Waals surface area contributed by atoms with Gasteiger partial charge in [0, 0.05) is 24.7 Å². The van der Waals surface area contributed by atoms with E-state index in [-0.39, 0.29) is 17.7 Å². The van der Waals surface area contributed by atoms with Crippen molar-refractivity contribution in [2.75, 3.05) is 18.0 Å². The minimum absolute atomic E-state index is 0.127. The largest absolute Gasteiger partial charge is 0.419 e. The molecule has 1 aliphatic rings. The highest BCUT2D eigenvalue weighted by atomic mass is 19.4. The van der Waals surface area contributed by atoms with Crippen LogP contribution in [0.4, 0.5) is 19.0 Å². The molecule has 0 spiro atoms. The Morgan fingerprint density at radius 1 is 1.24 bits per heavy atom. The molecule has 8 nitrogen and oxygen atoms in total. The third-order valence-electron chi connectivity index (χ3n) is 4.92. The highest BCUT2D eigenvalue weighted by Crippen LogP contribution is 2.33. The fourth-order valence-electron chi connectivity index (χ4n) is 3.38. The molecule has 4 heterocycles. The summed E-state index contributed by atoms with van der Waals surface area (Å²) in [6, 6.07) is 0. The number of halogens is 3. The van der Waals surface area contributed by atoms with Crippen molar-refractivity contribution in [3.63, 3.8) is 0 Å². The Balaban J connectivity index is 1.82. The van der Waals surface area contributed by atoms with E-state index in [9.17, 15) is 18.3 Å². The molecular weight excluding hydrogens is 387 g/mol. The third kappa shape index (κ3) is 3.66. The molecule has 1 saturated heterocycles. The summed E-state index contributed by atoms with van der Waals surface area (Å²) >= 11 is 0. The number of hydrogen-bond donors (Lipinski definition) is 2. The minimum atomic E-state index is -4.50. The molecular formula is C18H22F3N7O. The molecule has 2 N–H and O–H groups in total. The van der Waals surface area contributed by atoms with Gasteiger partial charge in [-0.2, -0.15) is 18.3 Å². The first kappa shape index (κ1) is 19.6. The number of aliphatic hydroxyl groups excluding tert-OH is 1. The number of aromatic nitrogens is 6. The van der Waals surface area contributed by atoms with Crippen molar-refractivity contribution < 1.29 is 18.3 Å². The molecule has 1 fully saturated rings. The summed E-state index contributed by atoms with van der Waals surface area (Å²) in [5.41, 5.74) is -0.383. The first-order chi connectivity index (χ1) is 13.5. The van der Waals surface area contributed by atoms with Crippen LogP contribution in [-0.4, -0.2) is 54.0 Å². The van der Waals surface area contributed by atoms with Crippen molar-refractivity contribution in [2.24, 2.45) is 0 Å². The van der Waals surface area contributed by atoms with E-state index in [0.29, 0.717) is 42.3 Å². The molecule has 0 radical (unpaired) electrons. The van der Waals surface area contributed by atoms with Gasteiger partial charge in [-0.15, -0.1) is 0 Å². The zero-order chi connectivity index (χ0) is 21.0. The lowest BCUT2D eigenvalue weighted by Gasteiger charge is -2.22. The van der Waals surface area contributed by atoms with E-state index < -0.39 is 17.8 Å². The number of nitrogens with one attached hydrogen (secondary N) is 1. The molecule has 0 aliphatic carbocycles. The summed E-state index contributed by atoms with van der Waals surface area (Å²) in [5.74, 6) is 1.15. The second kappa shape index (κ2) is 6.68. The third-order valence-corrected chi connectivity index (χ3v) is 4.92. The number of fused-ring (bicyclic) bond motifs is 1. The van der Waals surface area contributed by atoms with E-state index in [1.54, 1.807) is 4.57 Å². The molecule has 3 aromatic heterocycles. The minimum Gasteiger partial charge on any atom is -0.391 e. The Morgan fingerprint density at radius 3 is 2.62 bits per heavy atom. The average Bonchev–Trinajstić information content (AvgIpc) is 3.33. The van der Waals surface area contributed by atoms with E-state index in [1.807, 2.05) is 25.7 Å². The van der Waals surface area contributed by atoms with Crippen molar-refractivity contribution in [1.29, 1.82) is 0 Å². The topological polar surface area (TPSA) is 95.7 Å². The van der Waals surface area contributed by atoms with Crippen LogP contribution in [0.25, 0.3) is 11.2 Å². The number of imidazole rings is 1. The number of hydrogen-bond acceptors (Lipinski definition) is 6. The number of rotatable bonds is 3. The van der Waals surface area contributed by atoms with Crippen LogP contribution in [-0.2, 0) is 18.1 Å². The van der Waals surface area contributed by atoms with Gasteiger partial charge < -0.3 is 14.6 Å². The van der Waals surface area contributed by atoms with Gasteiger partial charge in [0.15, 0.2) is 17.0 Å². The van der Waals surface area contributed by atoms with Crippen LogP contribution in [0.1, 0.15) is 44.3 Å². The van der Waals surface area contributed by atoms with Crippen LogP contribution >= 0.6 is 0 Å². The molecule has 156 valence electrons. The lowest BCUT2D eigenvalue weighted by molar-refractivity contribution is -0.138. The van der Waals surface area contributed by atoms with Crippen molar-refractivity contribution in [2.45, 2.75) is 51.4 Å². The van der Waals surface area contributed by atoms with Gasteiger partial charge in [-0.1, -0.05) is 20.8 Å². The van der Waals surface area contributed by atoms with Gasteiger partial charge in [-0.05, 0) is 6.42 Å². The van der Waals surface area contributed by atoms with Crippen molar-refractivity contribution in [1.82, 2.24) is 29.7 Å². The summed E-state index contributed by atoms with van der Waals surface area (Å²) in [7, 11) is 0. The average molecular weight is 409 g/mol. The first-order valence-corrected chi connectivity index (χ1v) is 9.30. The van der Waals surface area contributed by atoms with Gasteiger partial charge in [-0.25, -0.2) is 15.0 Å². The van der Waals surface area contributed by atoms with E-state index >= 15 is 0 Å². The van der Waals surface area contributed by atoms with E-state index in [4.69, 9.17) is 0 Å². The van der Waals surface area contributed by atoms with Crippen LogP contribution in [0, 0.1) is 0 Å². The summed E-state index contributed by atoms with van der Waals surface area (Å²) in [6.45, 7) is 6.83. The van der Waals surface area contributed by atoms with Crippen molar-refractivity contribution >= 4 is 17.0 Å². The lowest BCUT2D eigenvalue weighted by Crippen LogP contribution is -2.25. The molecule has 0 bridgehead atoms. The van der Waals surface area contributed by atoms with Crippen molar-refractivity contribution in [3.8, 4) is 0 Å². The summed E-state index contributed by atoms with van der Waals surface area (Å²) in [5, 5.41) is 16.0. The molecule has 11 heteroatoms. The van der Waals surface area contributed by atoms with Gasteiger partial charge in [0.1, 0.15) is 5.82 Å². The highest BCUT2D eigenvalue weighted by Gasteiger charge is 2.35. The molecule has 3 aromatic rings. The number of H-pyrrole nitrogens is 1. The van der Waals surface area contributed by atoms with Crippen LogP contribution in [0.2, 0.25) is 0 Å². The molecule has 0 unspecified atom stereocenters. The maximum Gasteiger partial charge on any atom is 0.419 e. The Morgan fingerprint density at radius 2 is 2.00 bits per heavy atom. The van der Waals surface area contributed by atoms with Gasteiger partial charge in [-0.3, -0.25) is 5.10 Å². The molecule has 0 aromatic carbocycles. The quantitative estimate of drug-likeness (QED) is 0.690. The number of aliphatic hydroxyl groups is 1. The van der Waals surface area contributed by atoms with Gasteiger partial charge >= 0.3 is 6.18 Å². The monoisotopic (exact) mass is 409 g/mol. The second-order valence-corrected chi connectivity index (χ2v) is 8.30. The van der Waals surface area contributed by atoms with Gasteiger partial charge in [0.25, 0.3) is 0 Å². The smallest absolute Gasteiger partial charge is 0.391 e.